The molecule has 0 spiro atoms. The van der Waals surface area contributed by atoms with E-state index in [4.69, 9.17) is 9.72 Å². The van der Waals surface area contributed by atoms with E-state index in [2.05, 4.69) is 43.6 Å². The quantitative estimate of drug-likeness (QED) is 0.861. The summed E-state index contributed by atoms with van der Waals surface area (Å²) in [5.41, 5.74) is 4.73. The van der Waals surface area contributed by atoms with Crippen molar-refractivity contribution in [1.29, 1.82) is 0 Å². The second-order valence-corrected chi connectivity index (χ2v) is 6.39. The molecule has 0 aliphatic carbocycles. The number of ether oxygens (including phenoxy) is 1. The van der Waals surface area contributed by atoms with Crippen molar-refractivity contribution in [3.63, 3.8) is 0 Å². The van der Waals surface area contributed by atoms with Crippen molar-refractivity contribution in [2.24, 2.45) is 0 Å². The molecule has 1 heterocycles. The van der Waals surface area contributed by atoms with Crippen LogP contribution in [0.3, 0.4) is 0 Å². The van der Waals surface area contributed by atoms with Gasteiger partial charge in [-0.25, -0.2) is 4.98 Å². The lowest BCUT2D eigenvalue weighted by atomic mass is 9.95. The first-order chi connectivity index (χ1) is 10.1. The van der Waals surface area contributed by atoms with E-state index >= 15 is 0 Å². The Morgan fingerprint density at radius 2 is 2.10 bits per heavy atom. The first kappa shape index (κ1) is 16.0. The van der Waals surface area contributed by atoms with Gasteiger partial charge >= 0.3 is 0 Å². The molecule has 0 aliphatic heterocycles. The summed E-state index contributed by atoms with van der Waals surface area (Å²) in [6.45, 7) is 10.1. The molecule has 0 unspecified atom stereocenters. The van der Waals surface area contributed by atoms with E-state index in [0.717, 1.165) is 23.0 Å². The van der Waals surface area contributed by atoms with Crippen molar-refractivity contribution in [3.8, 4) is 17.0 Å². The molecule has 3 nitrogen and oxygen atoms in total. The van der Waals surface area contributed by atoms with Gasteiger partial charge in [-0.05, 0) is 50.1 Å². The van der Waals surface area contributed by atoms with Crippen LogP contribution in [0, 0.1) is 6.92 Å². The Labute approximate surface area is 131 Å². The fraction of sp³-hybridized carbons (Fsp3) is 0.471. The highest BCUT2D eigenvalue weighted by atomic mass is 32.1. The first-order valence-electron chi connectivity index (χ1n) is 7.43. The molecule has 0 saturated heterocycles. The lowest BCUT2D eigenvalue weighted by molar-refractivity contribution is 0.335. The molecule has 2 rings (SSSR count). The standard InChI is InChI=1S/C17H24N2OS/c1-6-20-16-7-12(4)14(8-13(16)11(2)3)15-10-21-17(19-15)9-18-5/h7-8,10-11,18H,6,9H2,1-5H3. The van der Waals surface area contributed by atoms with Crippen LogP contribution in [0.5, 0.6) is 5.75 Å². The smallest absolute Gasteiger partial charge is 0.123 e. The summed E-state index contributed by atoms with van der Waals surface area (Å²) in [5, 5.41) is 6.40. The highest BCUT2D eigenvalue weighted by molar-refractivity contribution is 7.09. The molecular weight excluding hydrogens is 280 g/mol. The first-order valence-corrected chi connectivity index (χ1v) is 8.31. The van der Waals surface area contributed by atoms with Crippen molar-refractivity contribution >= 4 is 11.3 Å². The molecule has 2 aromatic rings. The normalized spacial score (nSPS) is 11.1. The van der Waals surface area contributed by atoms with Crippen LogP contribution in [0.25, 0.3) is 11.3 Å². The Hall–Kier alpha value is -1.39. The molecule has 0 fully saturated rings. The number of aryl methyl sites for hydroxylation is 1. The largest absolute Gasteiger partial charge is 0.494 e. The molecule has 21 heavy (non-hydrogen) atoms. The predicted octanol–water partition coefficient (Wildman–Crippen LogP) is 4.36. The van der Waals surface area contributed by atoms with Gasteiger partial charge in [0.1, 0.15) is 10.8 Å². The highest BCUT2D eigenvalue weighted by Gasteiger charge is 2.14. The molecule has 0 radical (unpaired) electrons. The van der Waals surface area contributed by atoms with Gasteiger partial charge in [-0.1, -0.05) is 13.8 Å². The fourth-order valence-corrected chi connectivity index (χ4v) is 3.18. The molecule has 0 aliphatic rings. The topological polar surface area (TPSA) is 34.1 Å². The Morgan fingerprint density at radius 3 is 2.71 bits per heavy atom. The second-order valence-electron chi connectivity index (χ2n) is 5.45. The minimum absolute atomic E-state index is 0.432. The molecule has 114 valence electrons. The molecule has 1 aromatic heterocycles. The molecule has 4 heteroatoms. The molecule has 0 amide bonds. The Balaban J connectivity index is 2.45. The molecule has 1 aromatic carbocycles. The Kier molecular flexibility index (Phi) is 5.37. The number of aromatic nitrogens is 1. The highest BCUT2D eigenvalue weighted by Crippen LogP contribution is 2.35. The SMILES string of the molecule is CCOc1cc(C)c(-c2csc(CNC)n2)cc1C(C)C. The maximum atomic E-state index is 5.79. The van der Waals surface area contributed by atoms with E-state index in [1.54, 1.807) is 11.3 Å². The number of nitrogens with one attached hydrogen (secondary N) is 1. The number of hydrogen-bond acceptors (Lipinski definition) is 4. The third-order valence-corrected chi connectivity index (χ3v) is 4.28. The van der Waals surface area contributed by atoms with Crippen LogP contribution in [0.2, 0.25) is 0 Å². The third-order valence-electron chi connectivity index (χ3n) is 3.43. The molecule has 0 bridgehead atoms. The van der Waals surface area contributed by atoms with Crippen molar-refractivity contribution in [3.05, 3.63) is 33.6 Å². The minimum atomic E-state index is 0.432. The molecule has 0 saturated carbocycles. The van der Waals surface area contributed by atoms with E-state index in [9.17, 15) is 0 Å². The maximum absolute atomic E-state index is 5.79. The van der Waals surface area contributed by atoms with Crippen molar-refractivity contribution in [2.75, 3.05) is 13.7 Å². The monoisotopic (exact) mass is 304 g/mol. The molecular formula is C17H24N2OS. The molecule has 1 N–H and O–H groups in total. The van der Waals surface area contributed by atoms with Gasteiger partial charge in [-0.2, -0.15) is 0 Å². The number of hydrogen-bond donors (Lipinski definition) is 1. The van der Waals surface area contributed by atoms with Crippen LogP contribution in [0.4, 0.5) is 0 Å². The zero-order valence-corrected chi connectivity index (χ0v) is 14.3. The third kappa shape index (κ3) is 3.63. The summed E-state index contributed by atoms with van der Waals surface area (Å²) in [5.74, 6) is 1.43. The van der Waals surface area contributed by atoms with Gasteiger partial charge in [0, 0.05) is 17.5 Å². The molecule has 0 atom stereocenters. The fourth-order valence-electron chi connectivity index (χ4n) is 2.37. The van der Waals surface area contributed by atoms with Crippen LogP contribution < -0.4 is 10.1 Å². The summed E-state index contributed by atoms with van der Waals surface area (Å²) >= 11 is 1.70. The lowest BCUT2D eigenvalue weighted by Crippen LogP contribution is -2.04. The Bertz CT molecular complexity index is 605. The summed E-state index contributed by atoms with van der Waals surface area (Å²) in [6.07, 6.45) is 0. The number of benzene rings is 1. The number of nitrogens with zero attached hydrogens (tertiary/aromatic N) is 1. The average molecular weight is 304 g/mol. The summed E-state index contributed by atoms with van der Waals surface area (Å²) in [6, 6.07) is 4.38. The number of rotatable bonds is 6. The Morgan fingerprint density at radius 1 is 1.33 bits per heavy atom. The van der Waals surface area contributed by atoms with Crippen LogP contribution >= 0.6 is 11.3 Å². The van der Waals surface area contributed by atoms with Gasteiger partial charge < -0.3 is 10.1 Å². The van der Waals surface area contributed by atoms with Gasteiger partial charge in [0.15, 0.2) is 0 Å². The van der Waals surface area contributed by atoms with Gasteiger partial charge in [0.05, 0.1) is 12.3 Å². The van der Waals surface area contributed by atoms with E-state index in [0.29, 0.717) is 12.5 Å². The van der Waals surface area contributed by atoms with Crippen molar-refractivity contribution in [2.45, 2.75) is 40.2 Å². The average Bonchev–Trinajstić information content (AvgIpc) is 2.87. The maximum Gasteiger partial charge on any atom is 0.123 e. The minimum Gasteiger partial charge on any atom is -0.494 e. The summed E-state index contributed by atoms with van der Waals surface area (Å²) < 4.78 is 5.79. The van der Waals surface area contributed by atoms with Gasteiger partial charge in [0.2, 0.25) is 0 Å². The van der Waals surface area contributed by atoms with E-state index < -0.39 is 0 Å². The summed E-state index contributed by atoms with van der Waals surface area (Å²) in [7, 11) is 1.94. The lowest BCUT2D eigenvalue weighted by Gasteiger charge is -2.16. The van der Waals surface area contributed by atoms with Crippen LogP contribution in [-0.2, 0) is 6.54 Å². The van der Waals surface area contributed by atoms with Crippen molar-refractivity contribution < 1.29 is 4.74 Å². The second kappa shape index (κ2) is 7.05. The predicted molar refractivity (Wildman–Crippen MR) is 90.3 cm³/mol. The van der Waals surface area contributed by atoms with E-state index in [1.807, 2.05) is 14.0 Å². The zero-order valence-electron chi connectivity index (χ0n) is 13.5. The zero-order chi connectivity index (χ0) is 15.4. The van der Waals surface area contributed by atoms with Crippen LogP contribution in [-0.4, -0.2) is 18.6 Å². The van der Waals surface area contributed by atoms with Crippen molar-refractivity contribution in [1.82, 2.24) is 10.3 Å². The summed E-state index contributed by atoms with van der Waals surface area (Å²) in [4.78, 5) is 4.72. The van der Waals surface area contributed by atoms with E-state index in [1.165, 1.54) is 16.7 Å². The van der Waals surface area contributed by atoms with E-state index in [-0.39, 0.29) is 0 Å². The van der Waals surface area contributed by atoms with Gasteiger partial charge in [0.25, 0.3) is 0 Å². The van der Waals surface area contributed by atoms with Gasteiger partial charge in [-0.15, -0.1) is 11.3 Å². The van der Waals surface area contributed by atoms with Crippen LogP contribution in [0.1, 0.15) is 42.8 Å². The number of thiazole rings is 1. The van der Waals surface area contributed by atoms with Gasteiger partial charge in [-0.3, -0.25) is 0 Å². The van der Waals surface area contributed by atoms with Crippen LogP contribution in [0.15, 0.2) is 17.5 Å².